The van der Waals surface area contributed by atoms with E-state index in [9.17, 15) is 9.90 Å². The second-order valence-electron chi connectivity index (χ2n) is 5.61. The monoisotopic (exact) mass is 301 g/mol. The zero-order valence-corrected chi connectivity index (χ0v) is 12.2. The number of aromatic carboxylic acids is 1. The SMILES string of the molecule is O=C(O)c1ccc(-n2ccc(CN3CCC(O)CC3)n2)cc1. The Morgan fingerprint density at radius 3 is 2.50 bits per heavy atom. The molecular weight excluding hydrogens is 282 g/mol. The molecule has 116 valence electrons. The van der Waals surface area contributed by atoms with Crippen molar-refractivity contribution in [2.45, 2.75) is 25.5 Å². The standard InChI is InChI=1S/C16H19N3O3/c20-15-6-8-18(9-7-15)11-13-5-10-19(17-13)14-3-1-12(2-4-14)16(21)22/h1-5,10,15,20H,6-9,11H2,(H,21,22). The molecule has 1 aliphatic rings. The van der Waals surface area contributed by atoms with E-state index in [1.807, 2.05) is 12.3 Å². The predicted molar refractivity (Wildman–Crippen MR) is 81.0 cm³/mol. The van der Waals surface area contributed by atoms with Crippen LogP contribution in [-0.2, 0) is 6.54 Å². The number of piperidine rings is 1. The average molecular weight is 301 g/mol. The number of aliphatic hydroxyl groups is 1. The lowest BCUT2D eigenvalue weighted by molar-refractivity contribution is 0.0696. The first-order valence-electron chi connectivity index (χ1n) is 7.40. The summed E-state index contributed by atoms with van der Waals surface area (Å²) in [6.45, 7) is 2.55. The summed E-state index contributed by atoms with van der Waals surface area (Å²) in [6, 6.07) is 8.61. The Kier molecular flexibility index (Phi) is 4.22. The van der Waals surface area contributed by atoms with Gasteiger partial charge in [0.15, 0.2) is 0 Å². The van der Waals surface area contributed by atoms with E-state index in [0.717, 1.165) is 43.9 Å². The third-order valence-corrected chi connectivity index (χ3v) is 3.97. The number of benzene rings is 1. The van der Waals surface area contributed by atoms with Crippen LogP contribution in [0.5, 0.6) is 0 Å². The zero-order chi connectivity index (χ0) is 15.5. The van der Waals surface area contributed by atoms with Crippen LogP contribution in [0.1, 0.15) is 28.9 Å². The number of rotatable bonds is 4. The van der Waals surface area contributed by atoms with Gasteiger partial charge in [-0.05, 0) is 43.2 Å². The number of carbonyl (C=O) groups is 1. The fraction of sp³-hybridized carbons (Fsp3) is 0.375. The lowest BCUT2D eigenvalue weighted by atomic mass is 10.1. The Bertz CT molecular complexity index is 643. The van der Waals surface area contributed by atoms with Crippen molar-refractivity contribution in [1.29, 1.82) is 0 Å². The number of nitrogens with zero attached hydrogens (tertiary/aromatic N) is 3. The first-order valence-corrected chi connectivity index (χ1v) is 7.40. The highest BCUT2D eigenvalue weighted by atomic mass is 16.4. The van der Waals surface area contributed by atoms with E-state index in [1.54, 1.807) is 28.9 Å². The van der Waals surface area contributed by atoms with E-state index in [4.69, 9.17) is 5.11 Å². The maximum atomic E-state index is 10.9. The molecule has 2 N–H and O–H groups in total. The van der Waals surface area contributed by atoms with Gasteiger partial charge in [0.2, 0.25) is 0 Å². The number of hydrogen-bond donors (Lipinski definition) is 2. The van der Waals surface area contributed by atoms with Gasteiger partial charge in [-0.2, -0.15) is 5.10 Å². The topological polar surface area (TPSA) is 78.6 Å². The fourth-order valence-corrected chi connectivity index (χ4v) is 2.65. The molecule has 0 atom stereocenters. The second-order valence-corrected chi connectivity index (χ2v) is 5.61. The largest absolute Gasteiger partial charge is 0.478 e. The molecule has 6 nitrogen and oxygen atoms in total. The van der Waals surface area contributed by atoms with Gasteiger partial charge >= 0.3 is 5.97 Å². The summed E-state index contributed by atoms with van der Waals surface area (Å²) in [5.41, 5.74) is 2.08. The highest BCUT2D eigenvalue weighted by molar-refractivity contribution is 5.87. The van der Waals surface area contributed by atoms with Crippen LogP contribution in [-0.4, -0.2) is 50.1 Å². The molecule has 1 saturated heterocycles. The first kappa shape index (κ1) is 14.7. The molecule has 0 bridgehead atoms. The molecule has 0 saturated carbocycles. The molecule has 0 radical (unpaired) electrons. The van der Waals surface area contributed by atoms with Crippen molar-refractivity contribution in [2.75, 3.05) is 13.1 Å². The molecule has 0 aliphatic carbocycles. The van der Waals surface area contributed by atoms with Crippen molar-refractivity contribution in [3.8, 4) is 5.69 Å². The number of hydrogen-bond acceptors (Lipinski definition) is 4. The van der Waals surface area contributed by atoms with Gasteiger partial charge in [-0.25, -0.2) is 9.48 Å². The van der Waals surface area contributed by atoms with E-state index >= 15 is 0 Å². The predicted octanol–water partition coefficient (Wildman–Crippen LogP) is 1.53. The van der Waals surface area contributed by atoms with Crippen LogP contribution in [0.3, 0.4) is 0 Å². The number of likely N-dealkylation sites (tertiary alicyclic amines) is 1. The molecule has 1 aromatic carbocycles. The van der Waals surface area contributed by atoms with Crippen LogP contribution in [0.25, 0.3) is 5.69 Å². The Hall–Kier alpha value is -2.18. The van der Waals surface area contributed by atoms with Crippen molar-refractivity contribution >= 4 is 5.97 Å². The van der Waals surface area contributed by atoms with Crippen LogP contribution in [0.15, 0.2) is 36.5 Å². The molecule has 1 aliphatic heterocycles. The first-order chi connectivity index (χ1) is 10.6. The third-order valence-electron chi connectivity index (χ3n) is 3.97. The molecule has 6 heteroatoms. The molecular formula is C16H19N3O3. The molecule has 1 aromatic heterocycles. The van der Waals surface area contributed by atoms with Gasteiger partial charge in [0, 0.05) is 25.8 Å². The summed E-state index contributed by atoms with van der Waals surface area (Å²) >= 11 is 0. The van der Waals surface area contributed by atoms with Gasteiger partial charge < -0.3 is 10.2 Å². The van der Waals surface area contributed by atoms with Crippen LogP contribution in [0.2, 0.25) is 0 Å². The number of carboxylic acid groups (broad SMARTS) is 1. The second kappa shape index (κ2) is 6.29. The van der Waals surface area contributed by atoms with Crippen LogP contribution < -0.4 is 0 Å². The molecule has 0 unspecified atom stereocenters. The van der Waals surface area contributed by atoms with Gasteiger partial charge in [0.25, 0.3) is 0 Å². The van der Waals surface area contributed by atoms with Crippen molar-refractivity contribution in [1.82, 2.24) is 14.7 Å². The zero-order valence-electron chi connectivity index (χ0n) is 12.2. The number of aliphatic hydroxyl groups excluding tert-OH is 1. The van der Waals surface area contributed by atoms with Crippen LogP contribution in [0.4, 0.5) is 0 Å². The summed E-state index contributed by atoms with van der Waals surface area (Å²) < 4.78 is 1.75. The third kappa shape index (κ3) is 3.35. The fourth-order valence-electron chi connectivity index (χ4n) is 2.65. The van der Waals surface area contributed by atoms with Gasteiger partial charge in [0.05, 0.1) is 23.0 Å². The van der Waals surface area contributed by atoms with E-state index in [1.165, 1.54) is 0 Å². The van der Waals surface area contributed by atoms with E-state index in [0.29, 0.717) is 0 Å². The van der Waals surface area contributed by atoms with E-state index in [-0.39, 0.29) is 11.7 Å². The molecule has 22 heavy (non-hydrogen) atoms. The summed E-state index contributed by atoms with van der Waals surface area (Å²) in [5, 5.41) is 23.0. The normalized spacial score (nSPS) is 16.8. The van der Waals surface area contributed by atoms with Crippen molar-refractivity contribution < 1.29 is 15.0 Å². The van der Waals surface area contributed by atoms with Gasteiger partial charge in [-0.15, -0.1) is 0 Å². The van der Waals surface area contributed by atoms with Gasteiger partial charge in [-0.3, -0.25) is 4.90 Å². The van der Waals surface area contributed by atoms with Crippen molar-refractivity contribution in [2.24, 2.45) is 0 Å². The average Bonchev–Trinajstić information content (AvgIpc) is 2.98. The minimum absolute atomic E-state index is 0.165. The molecule has 0 spiro atoms. The molecule has 0 amide bonds. The Morgan fingerprint density at radius 1 is 1.18 bits per heavy atom. The minimum Gasteiger partial charge on any atom is -0.478 e. The van der Waals surface area contributed by atoms with E-state index < -0.39 is 5.97 Å². The van der Waals surface area contributed by atoms with E-state index in [2.05, 4.69) is 10.00 Å². The Morgan fingerprint density at radius 2 is 1.86 bits per heavy atom. The lowest BCUT2D eigenvalue weighted by Gasteiger charge is -2.28. The summed E-state index contributed by atoms with van der Waals surface area (Å²) in [7, 11) is 0. The smallest absolute Gasteiger partial charge is 0.335 e. The van der Waals surface area contributed by atoms with Gasteiger partial charge in [0.1, 0.15) is 0 Å². The van der Waals surface area contributed by atoms with Crippen LogP contribution >= 0.6 is 0 Å². The summed E-state index contributed by atoms with van der Waals surface area (Å²) in [4.78, 5) is 13.1. The minimum atomic E-state index is -0.931. The van der Waals surface area contributed by atoms with Crippen molar-refractivity contribution in [3.63, 3.8) is 0 Å². The van der Waals surface area contributed by atoms with Gasteiger partial charge in [-0.1, -0.05) is 0 Å². The lowest BCUT2D eigenvalue weighted by Crippen LogP contribution is -2.35. The maximum Gasteiger partial charge on any atom is 0.335 e. The van der Waals surface area contributed by atoms with Crippen LogP contribution in [0, 0.1) is 0 Å². The highest BCUT2D eigenvalue weighted by Crippen LogP contribution is 2.14. The summed E-state index contributed by atoms with van der Waals surface area (Å²) in [6.07, 6.45) is 3.35. The molecule has 2 aromatic rings. The van der Waals surface area contributed by atoms with Crippen molar-refractivity contribution in [3.05, 3.63) is 47.8 Å². The number of aromatic nitrogens is 2. The number of carboxylic acids is 1. The quantitative estimate of drug-likeness (QED) is 0.895. The highest BCUT2D eigenvalue weighted by Gasteiger charge is 2.17. The Labute approximate surface area is 128 Å². The molecule has 1 fully saturated rings. The molecule has 3 rings (SSSR count). The maximum absolute atomic E-state index is 10.9. The molecule has 2 heterocycles. The Balaban J connectivity index is 1.66. The summed E-state index contributed by atoms with van der Waals surface area (Å²) in [5.74, 6) is -0.931.